The zero-order chi connectivity index (χ0) is 8.97. The maximum Gasteiger partial charge on any atom is 0.120 e. The van der Waals surface area contributed by atoms with E-state index in [4.69, 9.17) is 4.74 Å². The third kappa shape index (κ3) is 1.77. The van der Waals surface area contributed by atoms with Crippen molar-refractivity contribution >= 4 is 0 Å². The lowest BCUT2D eigenvalue weighted by atomic mass is 10.1. The van der Waals surface area contributed by atoms with Crippen molar-refractivity contribution in [3.05, 3.63) is 35.1 Å². The molecule has 0 N–H and O–H groups in total. The number of para-hydroxylation sites is 1. The van der Waals surface area contributed by atoms with Gasteiger partial charge in [0, 0.05) is 0 Å². The van der Waals surface area contributed by atoms with Gasteiger partial charge in [-0.3, -0.25) is 0 Å². The number of nitrogens with zero attached hydrogens (tertiary/aromatic N) is 1. The summed E-state index contributed by atoms with van der Waals surface area (Å²) in [7, 11) is 3.50. The molecule has 0 bridgehead atoms. The van der Waals surface area contributed by atoms with Gasteiger partial charge in [-0.05, 0) is 11.6 Å². The van der Waals surface area contributed by atoms with Crippen molar-refractivity contribution in [1.82, 2.24) is 0 Å². The maximum atomic E-state index is 5.21. The normalized spacial score (nSPS) is 12.6. The fourth-order valence-corrected chi connectivity index (χ4v) is 1.15. The van der Waals surface area contributed by atoms with Crippen LogP contribution in [0.5, 0.6) is 5.75 Å². The Hall–Kier alpha value is -1.02. The van der Waals surface area contributed by atoms with E-state index in [1.165, 1.54) is 0 Å². The molecule has 12 heavy (non-hydrogen) atoms. The molecule has 0 spiro atoms. The zero-order valence-corrected chi connectivity index (χ0v) is 7.74. The van der Waals surface area contributed by atoms with Crippen LogP contribution in [0.15, 0.2) is 24.3 Å². The highest BCUT2D eigenvalue weighted by Gasteiger charge is 2.00. The molecule has 0 saturated carbocycles. The predicted molar refractivity (Wildman–Crippen MR) is 50.7 cm³/mol. The van der Waals surface area contributed by atoms with E-state index < -0.39 is 0 Å². The van der Waals surface area contributed by atoms with Crippen molar-refractivity contribution in [2.75, 3.05) is 14.2 Å². The van der Waals surface area contributed by atoms with Crippen LogP contribution in [0.4, 0.5) is 0 Å². The summed E-state index contributed by atoms with van der Waals surface area (Å²) < 4.78 is 5.21. The van der Waals surface area contributed by atoms with Crippen molar-refractivity contribution in [1.29, 1.82) is 0 Å². The number of methoxy groups -OCH3 is 1. The molecule has 0 aliphatic heterocycles. The average molecular weight is 164 g/mol. The van der Waals surface area contributed by atoms with Gasteiger partial charge in [0.15, 0.2) is 0 Å². The molecule has 1 aromatic carbocycles. The Morgan fingerprint density at radius 2 is 2.00 bits per heavy atom. The highest BCUT2D eigenvalue weighted by molar-refractivity contribution is 5.37. The zero-order valence-electron chi connectivity index (χ0n) is 7.74. The quantitative estimate of drug-likeness (QED) is 0.673. The second-order valence-electron chi connectivity index (χ2n) is 2.68. The third-order valence-electron chi connectivity index (χ3n) is 1.98. The fraction of sp³-hybridized carbons (Fsp3) is 0.400. The summed E-state index contributed by atoms with van der Waals surface area (Å²) in [6.45, 7) is 2.05. The van der Waals surface area contributed by atoms with Crippen LogP contribution in [0.2, 0.25) is 0 Å². The van der Waals surface area contributed by atoms with Crippen LogP contribution < -0.4 is 4.74 Å². The van der Waals surface area contributed by atoms with Crippen molar-refractivity contribution in [2.24, 2.45) is 0 Å². The molecular weight excluding hydrogens is 150 g/mol. The monoisotopic (exact) mass is 164 g/mol. The summed E-state index contributed by atoms with van der Waals surface area (Å²) in [6, 6.07) is 8.17. The van der Waals surface area contributed by atoms with Crippen LogP contribution in [0.25, 0.3) is 5.32 Å². The Labute approximate surface area is 73.6 Å². The lowest BCUT2D eigenvalue weighted by Gasteiger charge is -2.25. The molecule has 1 unspecified atom stereocenters. The molecule has 0 aliphatic rings. The van der Waals surface area contributed by atoms with Crippen molar-refractivity contribution < 1.29 is 4.74 Å². The Morgan fingerprint density at radius 3 is 2.58 bits per heavy atom. The fourth-order valence-electron chi connectivity index (χ4n) is 1.15. The molecule has 0 aromatic heterocycles. The molecule has 1 rings (SSSR count). The molecule has 66 valence electrons. The van der Waals surface area contributed by atoms with E-state index in [0.29, 0.717) is 0 Å². The van der Waals surface area contributed by atoms with Crippen LogP contribution in [0.1, 0.15) is 18.5 Å². The average Bonchev–Trinajstić information content (AvgIpc) is 2.16. The second-order valence-corrected chi connectivity index (χ2v) is 2.68. The Balaban J connectivity index is 2.96. The molecule has 1 aromatic rings. The molecule has 0 radical (unpaired) electrons. The molecule has 0 fully saturated rings. The van der Waals surface area contributed by atoms with E-state index >= 15 is 0 Å². The summed E-state index contributed by atoms with van der Waals surface area (Å²) in [5.41, 5.74) is 1.14. The number of rotatable bonds is 3. The van der Waals surface area contributed by atoms with Gasteiger partial charge in [-0.1, -0.05) is 25.1 Å². The first kappa shape index (κ1) is 9.07. The van der Waals surface area contributed by atoms with Crippen LogP contribution in [-0.4, -0.2) is 14.2 Å². The molecular formula is C10H14NO-. The first-order valence-corrected chi connectivity index (χ1v) is 4.01. The first-order valence-electron chi connectivity index (χ1n) is 4.01. The minimum atomic E-state index is 0.209. The Morgan fingerprint density at radius 1 is 1.33 bits per heavy atom. The third-order valence-corrected chi connectivity index (χ3v) is 1.98. The smallest absolute Gasteiger partial charge is 0.120 e. The maximum absolute atomic E-state index is 5.21. The molecule has 0 amide bonds. The van der Waals surface area contributed by atoms with Crippen molar-refractivity contribution in [3.63, 3.8) is 0 Å². The van der Waals surface area contributed by atoms with Crippen LogP contribution in [0.3, 0.4) is 0 Å². The molecule has 1 atom stereocenters. The summed E-state index contributed by atoms with van der Waals surface area (Å²) in [5, 5.41) is 4.19. The van der Waals surface area contributed by atoms with Crippen LogP contribution in [-0.2, 0) is 0 Å². The highest BCUT2D eigenvalue weighted by Crippen LogP contribution is 2.28. The molecule has 2 heteroatoms. The summed E-state index contributed by atoms with van der Waals surface area (Å²) in [5.74, 6) is 0.913. The van der Waals surface area contributed by atoms with E-state index in [0.717, 1.165) is 11.3 Å². The Kier molecular flexibility index (Phi) is 3.11. The SMILES string of the molecule is C[N-]C(C)c1ccccc1OC. The van der Waals surface area contributed by atoms with Gasteiger partial charge in [-0.2, -0.15) is 7.05 Å². The standard InChI is InChI=1S/C10H14NO/c1-8(11-2)9-6-4-5-7-10(9)12-3/h4-8H,1-3H3/q-1. The van der Waals surface area contributed by atoms with E-state index in [9.17, 15) is 0 Å². The van der Waals surface area contributed by atoms with Crippen molar-refractivity contribution in [2.45, 2.75) is 13.0 Å². The topological polar surface area (TPSA) is 23.3 Å². The van der Waals surface area contributed by atoms with E-state index in [1.54, 1.807) is 7.11 Å². The van der Waals surface area contributed by atoms with Crippen LogP contribution >= 0.6 is 0 Å². The largest absolute Gasteiger partial charge is 0.659 e. The van der Waals surface area contributed by atoms with Crippen LogP contribution in [0, 0.1) is 0 Å². The Bertz CT molecular complexity index is 247. The van der Waals surface area contributed by atoms with E-state index in [1.807, 2.05) is 31.3 Å². The molecule has 0 saturated heterocycles. The number of ether oxygens (including phenoxy) is 1. The van der Waals surface area contributed by atoms with E-state index in [-0.39, 0.29) is 6.04 Å². The number of hydrogen-bond donors (Lipinski definition) is 0. The minimum absolute atomic E-state index is 0.209. The summed E-state index contributed by atoms with van der Waals surface area (Å²) >= 11 is 0. The minimum Gasteiger partial charge on any atom is -0.659 e. The number of benzene rings is 1. The van der Waals surface area contributed by atoms with Gasteiger partial charge in [0.2, 0.25) is 0 Å². The summed E-state index contributed by atoms with van der Waals surface area (Å²) in [4.78, 5) is 0. The van der Waals surface area contributed by atoms with E-state index in [2.05, 4.69) is 12.2 Å². The highest BCUT2D eigenvalue weighted by atomic mass is 16.5. The molecule has 0 heterocycles. The van der Waals surface area contributed by atoms with Gasteiger partial charge in [-0.15, -0.1) is 6.04 Å². The van der Waals surface area contributed by atoms with Gasteiger partial charge < -0.3 is 10.1 Å². The van der Waals surface area contributed by atoms with Gasteiger partial charge in [-0.25, -0.2) is 0 Å². The van der Waals surface area contributed by atoms with Gasteiger partial charge >= 0.3 is 0 Å². The first-order chi connectivity index (χ1) is 5.79. The van der Waals surface area contributed by atoms with Gasteiger partial charge in [0.05, 0.1) is 7.11 Å². The molecule has 2 nitrogen and oxygen atoms in total. The lowest BCUT2D eigenvalue weighted by molar-refractivity contribution is 0.408. The number of hydrogen-bond acceptors (Lipinski definition) is 1. The van der Waals surface area contributed by atoms with Gasteiger partial charge in [0.1, 0.15) is 5.75 Å². The summed E-state index contributed by atoms with van der Waals surface area (Å²) in [6.07, 6.45) is 0. The second kappa shape index (κ2) is 4.12. The van der Waals surface area contributed by atoms with Crippen molar-refractivity contribution in [3.8, 4) is 5.75 Å². The molecule has 0 aliphatic carbocycles. The van der Waals surface area contributed by atoms with Gasteiger partial charge in [0.25, 0.3) is 0 Å². The lowest BCUT2D eigenvalue weighted by Crippen LogP contribution is -1.95. The predicted octanol–water partition coefficient (Wildman–Crippen LogP) is 2.76.